The molecule has 2 aromatic rings. The number of ether oxygens (including phenoxy) is 1. The minimum atomic E-state index is -0.0869. The van der Waals surface area contributed by atoms with Crippen molar-refractivity contribution in [2.45, 2.75) is 25.9 Å². The quantitative estimate of drug-likeness (QED) is 0.764. The van der Waals surface area contributed by atoms with Crippen LogP contribution >= 0.6 is 0 Å². The average Bonchev–Trinajstić information content (AvgIpc) is 2.74. The summed E-state index contributed by atoms with van der Waals surface area (Å²) in [4.78, 5) is 17.3. The van der Waals surface area contributed by atoms with E-state index >= 15 is 0 Å². The predicted molar refractivity (Wildman–Crippen MR) is 113 cm³/mol. The van der Waals surface area contributed by atoms with E-state index in [9.17, 15) is 4.79 Å². The van der Waals surface area contributed by atoms with E-state index in [1.807, 2.05) is 48.5 Å². The van der Waals surface area contributed by atoms with Gasteiger partial charge in [-0.25, -0.2) is 0 Å². The molecular weight excluding hydrogens is 350 g/mol. The van der Waals surface area contributed by atoms with Gasteiger partial charge >= 0.3 is 0 Å². The lowest BCUT2D eigenvalue weighted by Gasteiger charge is -2.41. The highest BCUT2D eigenvalue weighted by Crippen LogP contribution is 2.17. The Kier molecular flexibility index (Phi) is 7.06. The smallest absolute Gasteiger partial charge is 0.239 e. The van der Waals surface area contributed by atoms with Crippen molar-refractivity contribution in [2.75, 3.05) is 44.3 Å². The van der Waals surface area contributed by atoms with Crippen LogP contribution in [0, 0.1) is 0 Å². The Labute approximate surface area is 168 Å². The molecule has 0 atom stereocenters. The van der Waals surface area contributed by atoms with Gasteiger partial charge in [-0.05, 0) is 31.5 Å². The number of nitrogens with zero attached hydrogens (tertiary/aromatic N) is 2. The number of hydrogen-bond donors (Lipinski definition) is 1. The third-order valence-corrected chi connectivity index (χ3v) is 5.26. The van der Waals surface area contributed by atoms with E-state index in [4.69, 9.17) is 4.74 Å². The lowest BCUT2D eigenvalue weighted by atomic mass is 10.0. The number of nitrogens with one attached hydrogen (secondary N) is 1. The van der Waals surface area contributed by atoms with Crippen molar-refractivity contribution >= 4 is 11.6 Å². The van der Waals surface area contributed by atoms with Gasteiger partial charge in [0.25, 0.3) is 0 Å². The summed E-state index contributed by atoms with van der Waals surface area (Å²) >= 11 is 0. The first kappa shape index (κ1) is 20.4. The van der Waals surface area contributed by atoms with Crippen molar-refractivity contribution in [3.05, 3.63) is 66.2 Å². The van der Waals surface area contributed by atoms with E-state index in [2.05, 4.69) is 41.1 Å². The van der Waals surface area contributed by atoms with Crippen molar-refractivity contribution < 1.29 is 9.53 Å². The maximum absolute atomic E-state index is 12.8. The van der Waals surface area contributed by atoms with Crippen LogP contribution < -0.4 is 10.2 Å². The zero-order valence-corrected chi connectivity index (χ0v) is 16.9. The van der Waals surface area contributed by atoms with Crippen LogP contribution in [0.15, 0.2) is 60.7 Å². The molecule has 0 aliphatic carbocycles. The molecular formula is C23H31N3O2. The van der Waals surface area contributed by atoms with Crippen molar-refractivity contribution in [2.24, 2.45) is 0 Å². The molecule has 1 amide bonds. The largest absolute Gasteiger partial charge is 0.379 e. The highest BCUT2D eigenvalue weighted by atomic mass is 16.5. The second kappa shape index (κ2) is 9.71. The molecule has 0 radical (unpaired) electrons. The molecule has 1 saturated heterocycles. The summed E-state index contributed by atoms with van der Waals surface area (Å²) in [5.41, 5.74) is 2.15. The number of para-hydroxylation sites is 1. The molecule has 0 saturated carbocycles. The molecule has 1 heterocycles. The molecule has 28 heavy (non-hydrogen) atoms. The Morgan fingerprint density at radius 2 is 1.64 bits per heavy atom. The number of rotatable bonds is 8. The van der Waals surface area contributed by atoms with Gasteiger partial charge in [0.05, 0.1) is 19.8 Å². The average molecular weight is 382 g/mol. The minimum absolute atomic E-state index is 0.0427. The molecule has 2 aromatic carbocycles. The molecule has 1 fully saturated rings. The summed E-state index contributed by atoms with van der Waals surface area (Å²) in [6.45, 7) is 9.35. The van der Waals surface area contributed by atoms with E-state index in [1.165, 1.54) is 5.56 Å². The van der Waals surface area contributed by atoms with Crippen LogP contribution in [0.2, 0.25) is 0 Å². The fourth-order valence-electron chi connectivity index (χ4n) is 3.51. The molecule has 0 aromatic heterocycles. The molecule has 1 N–H and O–H groups in total. The summed E-state index contributed by atoms with van der Waals surface area (Å²) in [5.74, 6) is 0.0427. The number of carbonyl (C=O) groups is 1. The second-order valence-corrected chi connectivity index (χ2v) is 7.87. The monoisotopic (exact) mass is 381 g/mol. The van der Waals surface area contributed by atoms with Gasteiger partial charge in [-0.1, -0.05) is 48.5 Å². The number of carbonyl (C=O) groups excluding carboxylic acids is 1. The molecule has 5 heteroatoms. The van der Waals surface area contributed by atoms with Crippen molar-refractivity contribution in [1.82, 2.24) is 10.2 Å². The van der Waals surface area contributed by atoms with Gasteiger partial charge in [0, 0.05) is 37.4 Å². The first-order valence-corrected chi connectivity index (χ1v) is 9.98. The van der Waals surface area contributed by atoms with Crippen LogP contribution in [0.1, 0.15) is 19.4 Å². The highest BCUT2D eigenvalue weighted by Gasteiger charge is 2.28. The Balaban J connectivity index is 1.60. The second-order valence-electron chi connectivity index (χ2n) is 7.87. The van der Waals surface area contributed by atoms with Crippen LogP contribution in [-0.4, -0.2) is 55.7 Å². The van der Waals surface area contributed by atoms with Crippen LogP contribution in [0.5, 0.6) is 0 Å². The van der Waals surface area contributed by atoms with Crippen LogP contribution in [-0.2, 0) is 16.1 Å². The number of morpholine rings is 1. The van der Waals surface area contributed by atoms with Crippen LogP contribution in [0.3, 0.4) is 0 Å². The number of hydrogen-bond acceptors (Lipinski definition) is 4. The topological polar surface area (TPSA) is 44.8 Å². The first-order chi connectivity index (χ1) is 13.5. The van der Waals surface area contributed by atoms with E-state index in [-0.39, 0.29) is 11.4 Å². The fourth-order valence-corrected chi connectivity index (χ4v) is 3.51. The molecule has 3 rings (SSSR count). The highest BCUT2D eigenvalue weighted by molar-refractivity contribution is 5.81. The maximum Gasteiger partial charge on any atom is 0.239 e. The SMILES string of the molecule is CC(C)(CNC(=O)CN(Cc1ccccc1)c1ccccc1)N1CCOCC1. The summed E-state index contributed by atoms with van der Waals surface area (Å²) in [6.07, 6.45) is 0. The zero-order chi connectivity index (χ0) is 19.8. The lowest BCUT2D eigenvalue weighted by Crippen LogP contribution is -2.56. The van der Waals surface area contributed by atoms with E-state index < -0.39 is 0 Å². The van der Waals surface area contributed by atoms with Gasteiger partial charge in [0.15, 0.2) is 0 Å². The zero-order valence-electron chi connectivity index (χ0n) is 16.9. The lowest BCUT2D eigenvalue weighted by molar-refractivity contribution is -0.120. The third kappa shape index (κ3) is 5.81. The van der Waals surface area contributed by atoms with Crippen molar-refractivity contribution in [3.63, 3.8) is 0 Å². The van der Waals surface area contributed by atoms with Crippen LogP contribution in [0.25, 0.3) is 0 Å². The van der Waals surface area contributed by atoms with Gasteiger partial charge < -0.3 is 15.0 Å². The molecule has 150 valence electrons. The normalized spacial score (nSPS) is 15.2. The minimum Gasteiger partial charge on any atom is -0.379 e. The van der Waals surface area contributed by atoms with Crippen LogP contribution in [0.4, 0.5) is 5.69 Å². The Morgan fingerprint density at radius 3 is 2.29 bits per heavy atom. The molecule has 5 nitrogen and oxygen atoms in total. The van der Waals surface area contributed by atoms with E-state index in [1.54, 1.807) is 0 Å². The molecule has 0 bridgehead atoms. The molecule has 1 aliphatic heterocycles. The Hall–Kier alpha value is -2.37. The molecule has 0 unspecified atom stereocenters. The van der Waals surface area contributed by atoms with Gasteiger partial charge in [-0.15, -0.1) is 0 Å². The summed E-state index contributed by atoms with van der Waals surface area (Å²) in [7, 11) is 0. The van der Waals surface area contributed by atoms with E-state index in [0.717, 1.165) is 32.0 Å². The summed E-state index contributed by atoms with van der Waals surface area (Å²) in [5, 5.41) is 3.14. The fraction of sp³-hybridized carbons (Fsp3) is 0.435. The van der Waals surface area contributed by atoms with Crippen molar-refractivity contribution in [3.8, 4) is 0 Å². The summed E-state index contributed by atoms with van der Waals surface area (Å²) < 4.78 is 5.44. The number of amides is 1. The first-order valence-electron chi connectivity index (χ1n) is 9.98. The predicted octanol–water partition coefficient (Wildman–Crippen LogP) is 2.92. The molecule has 1 aliphatic rings. The Bertz CT molecular complexity index is 728. The van der Waals surface area contributed by atoms with Gasteiger partial charge in [-0.2, -0.15) is 0 Å². The maximum atomic E-state index is 12.8. The third-order valence-electron chi connectivity index (χ3n) is 5.26. The number of benzene rings is 2. The standard InChI is InChI=1S/C23H31N3O2/c1-23(2,26-13-15-28-16-14-26)19-24-22(27)18-25(21-11-7-4-8-12-21)17-20-9-5-3-6-10-20/h3-12H,13-19H2,1-2H3,(H,24,27). The molecule has 0 spiro atoms. The Morgan fingerprint density at radius 1 is 1.04 bits per heavy atom. The van der Waals surface area contributed by atoms with Crippen molar-refractivity contribution in [1.29, 1.82) is 0 Å². The van der Waals surface area contributed by atoms with Gasteiger partial charge in [-0.3, -0.25) is 9.69 Å². The van der Waals surface area contributed by atoms with E-state index in [0.29, 0.717) is 19.6 Å². The summed E-state index contributed by atoms with van der Waals surface area (Å²) in [6, 6.07) is 20.4. The number of anilines is 1. The van der Waals surface area contributed by atoms with Gasteiger partial charge in [0.1, 0.15) is 0 Å². The van der Waals surface area contributed by atoms with Gasteiger partial charge in [0.2, 0.25) is 5.91 Å².